The molecule has 1 aromatic rings. The molecule has 1 saturated heterocycles. The number of fused-ring (bicyclic) bond motifs is 1. The standard InChI is InChI=1S/C12H13NO4/c13-4-12(5-15-6-12)11(14)8-1-2-9-10(3-8)17-7-16-9/h1-3H,4-7,13H2. The lowest BCUT2D eigenvalue weighted by atomic mass is 9.78. The number of carbonyl (C=O) groups is 1. The molecule has 5 heteroatoms. The Morgan fingerprint density at radius 1 is 1.29 bits per heavy atom. The van der Waals surface area contributed by atoms with Crippen LogP contribution < -0.4 is 15.2 Å². The van der Waals surface area contributed by atoms with Gasteiger partial charge in [-0.1, -0.05) is 0 Å². The second-order valence-electron chi connectivity index (χ2n) is 4.37. The van der Waals surface area contributed by atoms with E-state index in [1.165, 1.54) is 0 Å². The molecule has 0 amide bonds. The van der Waals surface area contributed by atoms with Gasteiger partial charge in [0, 0.05) is 12.1 Å². The van der Waals surface area contributed by atoms with Crippen LogP contribution in [0.15, 0.2) is 18.2 Å². The fourth-order valence-electron chi connectivity index (χ4n) is 2.03. The molecule has 0 unspecified atom stereocenters. The van der Waals surface area contributed by atoms with Gasteiger partial charge in [0.1, 0.15) is 0 Å². The van der Waals surface area contributed by atoms with E-state index in [0.29, 0.717) is 36.8 Å². The highest BCUT2D eigenvalue weighted by Gasteiger charge is 2.45. The smallest absolute Gasteiger partial charge is 0.231 e. The third-order valence-corrected chi connectivity index (χ3v) is 3.26. The van der Waals surface area contributed by atoms with Crippen molar-refractivity contribution in [3.8, 4) is 11.5 Å². The first-order valence-corrected chi connectivity index (χ1v) is 5.47. The average Bonchev–Trinajstić information content (AvgIpc) is 2.74. The lowest BCUT2D eigenvalue weighted by Gasteiger charge is -2.38. The second kappa shape index (κ2) is 3.72. The lowest BCUT2D eigenvalue weighted by Crippen LogP contribution is -2.54. The number of ether oxygens (including phenoxy) is 3. The first kappa shape index (κ1) is 10.6. The van der Waals surface area contributed by atoms with Crippen LogP contribution in [0.4, 0.5) is 0 Å². The first-order valence-electron chi connectivity index (χ1n) is 5.47. The zero-order valence-corrected chi connectivity index (χ0v) is 9.27. The molecule has 0 aromatic heterocycles. The Hall–Kier alpha value is -1.59. The summed E-state index contributed by atoms with van der Waals surface area (Å²) in [5.74, 6) is 1.31. The molecule has 2 aliphatic rings. The Kier molecular flexibility index (Phi) is 2.31. The Bertz CT molecular complexity index is 462. The Morgan fingerprint density at radius 3 is 2.71 bits per heavy atom. The van der Waals surface area contributed by atoms with Gasteiger partial charge in [0.2, 0.25) is 6.79 Å². The van der Waals surface area contributed by atoms with Gasteiger partial charge >= 0.3 is 0 Å². The number of nitrogens with two attached hydrogens (primary N) is 1. The number of carbonyl (C=O) groups excluding carboxylic acids is 1. The van der Waals surface area contributed by atoms with Gasteiger partial charge in [-0.15, -0.1) is 0 Å². The van der Waals surface area contributed by atoms with Crippen LogP contribution in [-0.4, -0.2) is 32.3 Å². The molecule has 0 radical (unpaired) electrons. The Labute approximate surface area is 98.5 Å². The van der Waals surface area contributed by atoms with Gasteiger partial charge in [-0.3, -0.25) is 4.79 Å². The second-order valence-corrected chi connectivity index (χ2v) is 4.37. The molecule has 3 rings (SSSR count). The van der Waals surface area contributed by atoms with Crippen LogP contribution >= 0.6 is 0 Å². The monoisotopic (exact) mass is 235 g/mol. The number of hydrogen-bond donors (Lipinski definition) is 1. The highest BCUT2D eigenvalue weighted by Crippen LogP contribution is 2.36. The minimum absolute atomic E-state index is 0.0181. The molecular formula is C12H13NO4. The number of ketones is 1. The summed E-state index contributed by atoms with van der Waals surface area (Å²) in [7, 11) is 0. The number of rotatable bonds is 3. The fraction of sp³-hybridized carbons (Fsp3) is 0.417. The minimum atomic E-state index is -0.548. The predicted octanol–water partition coefficient (Wildman–Crippen LogP) is 0.573. The Morgan fingerprint density at radius 2 is 2.06 bits per heavy atom. The molecule has 0 bridgehead atoms. The van der Waals surface area contributed by atoms with E-state index >= 15 is 0 Å². The lowest BCUT2D eigenvalue weighted by molar-refractivity contribution is -0.0816. The van der Waals surface area contributed by atoms with Crippen molar-refractivity contribution in [3.05, 3.63) is 23.8 Å². The van der Waals surface area contributed by atoms with Crippen molar-refractivity contribution in [2.24, 2.45) is 11.1 Å². The van der Waals surface area contributed by atoms with E-state index in [1.807, 2.05) is 0 Å². The van der Waals surface area contributed by atoms with E-state index in [2.05, 4.69) is 0 Å². The van der Waals surface area contributed by atoms with Crippen LogP contribution in [0.25, 0.3) is 0 Å². The van der Waals surface area contributed by atoms with Crippen LogP contribution in [0, 0.1) is 5.41 Å². The fourth-order valence-corrected chi connectivity index (χ4v) is 2.03. The third kappa shape index (κ3) is 1.50. The SMILES string of the molecule is NCC1(C(=O)c2ccc3c(c2)OCO3)COC1. The quantitative estimate of drug-likeness (QED) is 0.776. The van der Waals surface area contributed by atoms with Crippen molar-refractivity contribution in [1.82, 2.24) is 0 Å². The van der Waals surface area contributed by atoms with E-state index in [-0.39, 0.29) is 12.6 Å². The third-order valence-electron chi connectivity index (χ3n) is 3.26. The zero-order chi connectivity index (χ0) is 11.9. The van der Waals surface area contributed by atoms with Gasteiger partial charge in [-0.2, -0.15) is 0 Å². The number of Topliss-reactive ketones (excluding diaryl/α,β-unsaturated/α-hetero) is 1. The maximum absolute atomic E-state index is 12.3. The van der Waals surface area contributed by atoms with Crippen molar-refractivity contribution in [1.29, 1.82) is 0 Å². The topological polar surface area (TPSA) is 70.8 Å². The molecule has 2 N–H and O–H groups in total. The summed E-state index contributed by atoms with van der Waals surface area (Å²) in [6, 6.07) is 5.20. The van der Waals surface area contributed by atoms with Gasteiger partial charge in [0.25, 0.3) is 0 Å². The van der Waals surface area contributed by atoms with Crippen molar-refractivity contribution in [2.45, 2.75) is 0 Å². The van der Waals surface area contributed by atoms with Gasteiger partial charge in [0.15, 0.2) is 17.3 Å². The molecule has 90 valence electrons. The van der Waals surface area contributed by atoms with Crippen LogP contribution in [0.3, 0.4) is 0 Å². The molecule has 5 nitrogen and oxygen atoms in total. The molecule has 2 aliphatic heterocycles. The molecule has 0 spiro atoms. The van der Waals surface area contributed by atoms with Crippen LogP contribution in [0.1, 0.15) is 10.4 Å². The first-order chi connectivity index (χ1) is 8.25. The van der Waals surface area contributed by atoms with Gasteiger partial charge in [0.05, 0.1) is 18.6 Å². The number of benzene rings is 1. The zero-order valence-electron chi connectivity index (χ0n) is 9.27. The molecule has 1 fully saturated rings. The van der Waals surface area contributed by atoms with E-state index in [0.717, 1.165) is 0 Å². The summed E-state index contributed by atoms with van der Waals surface area (Å²) in [6.07, 6.45) is 0. The van der Waals surface area contributed by atoms with Crippen molar-refractivity contribution in [3.63, 3.8) is 0 Å². The molecule has 0 saturated carbocycles. The molecule has 1 aromatic carbocycles. The summed E-state index contributed by atoms with van der Waals surface area (Å²) >= 11 is 0. The van der Waals surface area contributed by atoms with Gasteiger partial charge in [-0.25, -0.2) is 0 Å². The number of hydrogen-bond acceptors (Lipinski definition) is 5. The predicted molar refractivity (Wildman–Crippen MR) is 59.2 cm³/mol. The summed E-state index contributed by atoms with van der Waals surface area (Å²) in [4.78, 5) is 12.3. The van der Waals surface area contributed by atoms with Crippen molar-refractivity contribution in [2.75, 3.05) is 26.6 Å². The van der Waals surface area contributed by atoms with Crippen molar-refractivity contribution < 1.29 is 19.0 Å². The molecule has 2 heterocycles. The molecular weight excluding hydrogens is 222 g/mol. The van der Waals surface area contributed by atoms with Gasteiger partial charge in [-0.05, 0) is 18.2 Å². The average molecular weight is 235 g/mol. The normalized spacial score (nSPS) is 19.8. The van der Waals surface area contributed by atoms with E-state index in [4.69, 9.17) is 19.9 Å². The van der Waals surface area contributed by atoms with Crippen LogP contribution in [-0.2, 0) is 4.74 Å². The maximum atomic E-state index is 12.3. The Balaban J connectivity index is 1.91. The summed E-state index contributed by atoms with van der Waals surface area (Å²) < 4.78 is 15.6. The highest BCUT2D eigenvalue weighted by molar-refractivity contribution is 6.02. The summed E-state index contributed by atoms with van der Waals surface area (Å²) in [5.41, 5.74) is 5.72. The van der Waals surface area contributed by atoms with E-state index in [1.54, 1.807) is 18.2 Å². The largest absolute Gasteiger partial charge is 0.454 e. The maximum Gasteiger partial charge on any atom is 0.231 e. The van der Waals surface area contributed by atoms with Crippen LogP contribution in [0.5, 0.6) is 11.5 Å². The summed E-state index contributed by atoms with van der Waals surface area (Å²) in [6.45, 7) is 1.31. The van der Waals surface area contributed by atoms with E-state index < -0.39 is 5.41 Å². The highest BCUT2D eigenvalue weighted by atomic mass is 16.7. The van der Waals surface area contributed by atoms with E-state index in [9.17, 15) is 4.79 Å². The van der Waals surface area contributed by atoms with Crippen LogP contribution in [0.2, 0.25) is 0 Å². The molecule has 17 heavy (non-hydrogen) atoms. The van der Waals surface area contributed by atoms with Gasteiger partial charge < -0.3 is 19.9 Å². The van der Waals surface area contributed by atoms with Crippen molar-refractivity contribution >= 4 is 5.78 Å². The molecule has 0 aliphatic carbocycles. The summed E-state index contributed by atoms with van der Waals surface area (Å²) in [5, 5.41) is 0. The molecule has 0 atom stereocenters. The minimum Gasteiger partial charge on any atom is -0.454 e.